The van der Waals surface area contributed by atoms with Crippen molar-refractivity contribution in [2.75, 3.05) is 19.1 Å². The van der Waals surface area contributed by atoms with Crippen LogP contribution in [0.5, 0.6) is 11.5 Å². The number of benzene rings is 2. The third-order valence-corrected chi connectivity index (χ3v) is 5.55. The van der Waals surface area contributed by atoms with E-state index in [1.54, 1.807) is 32.0 Å². The molecule has 7 nitrogen and oxygen atoms in total. The fourth-order valence-corrected chi connectivity index (χ4v) is 4.18. The SMILES string of the molecule is COc1cc2c(cc1OC)C1(O)C(=O)c3ccccc3C1(O)N2C(=O)C(C)C. The van der Waals surface area contributed by atoms with Crippen LogP contribution < -0.4 is 14.4 Å². The monoisotopic (exact) mass is 383 g/mol. The van der Waals surface area contributed by atoms with E-state index in [2.05, 4.69) is 0 Å². The Labute approximate surface area is 162 Å². The maximum Gasteiger partial charge on any atom is 0.232 e. The number of amides is 1. The number of hydrogen-bond acceptors (Lipinski definition) is 6. The topological polar surface area (TPSA) is 96.3 Å². The molecule has 2 aromatic carbocycles. The number of ketones is 1. The Hall–Kier alpha value is -2.90. The molecule has 0 bridgehead atoms. The average Bonchev–Trinajstić information content (AvgIpc) is 3.00. The molecular formula is C21H21NO6. The van der Waals surface area contributed by atoms with E-state index in [0.717, 1.165) is 4.90 Å². The third-order valence-electron chi connectivity index (χ3n) is 5.55. The lowest BCUT2D eigenvalue weighted by Gasteiger charge is -2.38. The molecule has 0 radical (unpaired) electrons. The molecule has 1 aliphatic heterocycles. The van der Waals surface area contributed by atoms with Gasteiger partial charge in [0.1, 0.15) is 0 Å². The molecule has 0 aromatic heterocycles. The molecule has 0 saturated carbocycles. The molecule has 0 fully saturated rings. The van der Waals surface area contributed by atoms with Crippen LogP contribution in [-0.4, -0.2) is 36.1 Å². The molecule has 2 aromatic rings. The second-order valence-electron chi connectivity index (χ2n) is 7.31. The normalized spacial score (nSPS) is 24.8. The molecule has 1 amide bonds. The van der Waals surface area contributed by atoms with Crippen LogP contribution in [-0.2, 0) is 16.1 Å². The summed E-state index contributed by atoms with van der Waals surface area (Å²) in [7, 11) is 2.87. The molecule has 0 spiro atoms. The van der Waals surface area contributed by atoms with E-state index >= 15 is 0 Å². The minimum Gasteiger partial charge on any atom is -0.493 e. The largest absolute Gasteiger partial charge is 0.493 e. The Balaban J connectivity index is 2.11. The van der Waals surface area contributed by atoms with Gasteiger partial charge >= 0.3 is 0 Å². The smallest absolute Gasteiger partial charge is 0.232 e. The first-order valence-corrected chi connectivity index (χ1v) is 8.93. The molecule has 4 rings (SSSR count). The summed E-state index contributed by atoms with van der Waals surface area (Å²) in [6.45, 7) is 3.37. The van der Waals surface area contributed by atoms with Gasteiger partial charge in [0.05, 0.1) is 19.9 Å². The van der Waals surface area contributed by atoms with Crippen molar-refractivity contribution in [3.63, 3.8) is 0 Å². The Morgan fingerprint density at radius 3 is 2.25 bits per heavy atom. The highest BCUT2D eigenvalue weighted by Crippen LogP contribution is 2.61. The number of fused-ring (bicyclic) bond motifs is 5. The molecule has 0 saturated heterocycles. The Kier molecular flexibility index (Phi) is 3.82. The molecule has 1 aliphatic carbocycles. The summed E-state index contributed by atoms with van der Waals surface area (Å²) in [6, 6.07) is 9.32. The number of rotatable bonds is 3. The molecule has 2 N–H and O–H groups in total. The second kappa shape index (κ2) is 5.80. The van der Waals surface area contributed by atoms with Crippen molar-refractivity contribution >= 4 is 17.4 Å². The fourth-order valence-electron chi connectivity index (χ4n) is 4.18. The van der Waals surface area contributed by atoms with E-state index in [1.807, 2.05) is 0 Å². The van der Waals surface area contributed by atoms with E-state index in [9.17, 15) is 19.8 Å². The van der Waals surface area contributed by atoms with Gasteiger partial charge in [-0.15, -0.1) is 0 Å². The molecule has 146 valence electrons. The predicted molar refractivity (Wildman–Crippen MR) is 100 cm³/mol. The number of ether oxygens (including phenoxy) is 2. The van der Waals surface area contributed by atoms with Crippen LogP contribution in [0.3, 0.4) is 0 Å². The van der Waals surface area contributed by atoms with Crippen molar-refractivity contribution in [2.45, 2.75) is 25.2 Å². The summed E-state index contributed by atoms with van der Waals surface area (Å²) in [4.78, 5) is 27.5. The minimum atomic E-state index is -2.35. The van der Waals surface area contributed by atoms with E-state index < -0.39 is 28.9 Å². The van der Waals surface area contributed by atoms with Crippen molar-refractivity contribution in [3.8, 4) is 11.5 Å². The van der Waals surface area contributed by atoms with Crippen LogP contribution in [0.4, 0.5) is 5.69 Å². The van der Waals surface area contributed by atoms with Gasteiger partial charge in [-0.1, -0.05) is 38.1 Å². The van der Waals surface area contributed by atoms with Gasteiger partial charge in [0.15, 0.2) is 11.5 Å². The lowest BCUT2D eigenvalue weighted by atomic mass is 9.86. The van der Waals surface area contributed by atoms with Crippen molar-refractivity contribution in [2.24, 2.45) is 5.92 Å². The van der Waals surface area contributed by atoms with Gasteiger partial charge < -0.3 is 19.7 Å². The number of anilines is 1. The van der Waals surface area contributed by atoms with Crippen molar-refractivity contribution in [1.29, 1.82) is 0 Å². The maximum atomic E-state index is 13.2. The summed E-state index contributed by atoms with van der Waals surface area (Å²) < 4.78 is 10.6. The van der Waals surface area contributed by atoms with Crippen LogP contribution in [0.2, 0.25) is 0 Å². The summed E-state index contributed by atoms with van der Waals surface area (Å²) in [5.41, 5.74) is -3.94. The summed E-state index contributed by atoms with van der Waals surface area (Å²) in [6.07, 6.45) is 0. The van der Waals surface area contributed by atoms with Crippen LogP contribution in [0.15, 0.2) is 36.4 Å². The van der Waals surface area contributed by atoms with E-state index in [1.165, 1.54) is 32.4 Å². The first kappa shape index (κ1) is 18.5. The highest BCUT2D eigenvalue weighted by atomic mass is 16.5. The number of hydrogen-bond donors (Lipinski definition) is 2. The molecular weight excluding hydrogens is 362 g/mol. The zero-order chi connectivity index (χ0) is 20.4. The van der Waals surface area contributed by atoms with Crippen LogP contribution in [0, 0.1) is 5.92 Å². The van der Waals surface area contributed by atoms with Gasteiger partial charge in [0.25, 0.3) is 0 Å². The standard InChI is InChI=1S/C21H21NO6/c1-11(2)19(24)22-15-10-17(28-4)16(27-3)9-14(15)20(25)18(23)12-7-5-6-8-13(12)21(20,22)26/h5-11,25-26H,1-4H3. The minimum absolute atomic E-state index is 0.0999. The van der Waals surface area contributed by atoms with Gasteiger partial charge in [-0.05, 0) is 6.07 Å². The zero-order valence-corrected chi connectivity index (χ0v) is 16.0. The quantitative estimate of drug-likeness (QED) is 0.841. The van der Waals surface area contributed by atoms with E-state index in [0.29, 0.717) is 5.75 Å². The van der Waals surface area contributed by atoms with Crippen LogP contribution >= 0.6 is 0 Å². The predicted octanol–water partition coefficient (Wildman–Crippen LogP) is 1.94. The number of carbonyl (C=O) groups is 2. The number of aliphatic hydroxyl groups is 2. The molecule has 2 unspecified atom stereocenters. The third kappa shape index (κ3) is 1.90. The maximum absolute atomic E-state index is 13.2. The fraction of sp³-hybridized carbons (Fsp3) is 0.333. The Morgan fingerprint density at radius 2 is 1.64 bits per heavy atom. The number of methoxy groups -OCH3 is 2. The Bertz CT molecular complexity index is 1020. The van der Waals surface area contributed by atoms with Gasteiger partial charge in [0.2, 0.25) is 23.0 Å². The van der Waals surface area contributed by atoms with Crippen molar-refractivity contribution in [3.05, 3.63) is 53.1 Å². The molecule has 1 heterocycles. The highest BCUT2D eigenvalue weighted by molar-refractivity contribution is 6.15. The molecule has 28 heavy (non-hydrogen) atoms. The average molecular weight is 383 g/mol. The summed E-state index contributed by atoms with van der Waals surface area (Å²) >= 11 is 0. The molecule has 2 atom stereocenters. The van der Waals surface area contributed by atoms with Crippen LogP contribution in [0.25, 0.3) is 0 Å². The van der Waals surface area contributed by atoms with Crippen LogP contribution in [0.1, 0.15) is 35.3 Å². The number of Topliss-reactive ketones (excluding diaryl/α,β-unsaturated/α-hetero) is 1. The Morgan fingerprint density at radius 1 is 1.04 bits per heavy atom. The first-order valence-electron chi connectivity index (χ1n) is 8.93. The second-order valence-corrected chi connectivity index (χ2v) is 7.31. The van der Waals surface area contributed by atoms with Gasteiger partial charge in [-0.3, -0.25) is 14.5 Å². The number of carbonyl (C=O) groups excluding carboxylic acids is 2. The van der Waals surface area contributed by atoms with Gasteiger partial charge in [-0.2, -0.15) is 0 Å². The van der Waals surface area contributed by atoms with Gasteiger partial charge in [0, 0.05) is 28.7 Å². The van der Waals surface area contributed by atoms with E-state index in [-0.39, 0.29) is 28.1 Å². The summed E-state index contributed by atoms with van der Waals surface area (Å²) in [5, 5.41) is 23.4. The lowest BCUT2D eigenvalue weighted by molar-refractivity contribution is -0.142. The number of nitrogens with zero attached hydrogens (tertiary/aromatic N) is 1. The highest BCUT2D eigenvalue weighted by Gasteiger charge is 2.72. The zero-order valence-electron chi connectivity index (χ0n) is 16.0. The summed E-state index contributed by atoms with van der Waals surface area (Å²) in [5.74, 6) is -1.000. The van der Waals surface area contributed by atoms with Crippen molar-refractivity contribution < 1.29 is 29.3 Å². The molecule has 7 heteroatoms. The van der Waals surface area contributed by atoms with E-state index in [4.69, 9.17) is 9.47 Å². The lowest BCUT2D eigenvalue weighted by Crippen LogP contribution is -2.57. The first-order chi connectivity index (χ1) is 13.2. The molecule has 2 aliphatic rings. The van der Waals surface area contributed by atoms with Crippen molar-refractivity contribution in [1.82, 2.24) is 0 Å². The van der Waals surface area contributed by atoms with Gasteiger partial charge in [-0.25, -0.2) is 0 Å².